The first kappa shape index (κ1) is 16.0. The van der Waals surface area contributed by atoms with Crippen molar-refractivity contribution < 1.29 is 13.2 Å². The first-order valence-corrected chi connectivity index (χ1v) is 9.03. The Kier molecular flexibility index (Phi) is 4.68. The van der Waals surface area contributed by atoms with Crippen LogP contribution in [0, 0.1) is 6.92 Å². The van der Waals surface area contributed by atoms with Crippen LogP contribution in [-0.2, 0) is 9.84 Å². The monoisotopic (exact) mass is 310 g/mol. The van der Waals surface area contributed by atoms with Crippen molar-refractivity contribution in [1.29, 1.82) is 0 Å². The summed E-state index contributed by atoms with van der Waals surface area (Å²) in [4.78, 5) is 12.5. The van der Waals surface area contributed by atoms with Gasteiger partial charge in [0.25, 0.3) is 5.91 Å². The summed E-state index contributed by atoms with van der Waals surface area (Å²) >= 11 is 0. The van der Waals surface area contributed by atoms with E-state index in [4.69, 9.17) is 5.73 Å². The van der Waals surface area contributed by atoms with E-state index >= 15 is 0 Å². The fourth-order valence-corrected chi connectivity index (χ4v) is 3.67. The normalized spacial score (nSPS) is 22.8. The Hall–Kier alpha value is -1.40. The molecular formula is C15H22N2O3S. The Morgan fingerprint density at radius 1 is 1.24 bits per heavy atom. The van der Waals surface area contributed by atoms with E-state index in [1.165, 1.54) is 6.07 Å². The zero-order valence-corrected chi connectivity index (χ0v) is 13.2. The van der Waals surface area contributed by atoms with Crippen LogP contribution < -0.4 is 11.1 Å². The second kappa shape index (κ2) is 6.15. The zero-order valence-electron chi connectivity index (χ0n) is 12.4. The van der Waals surface area contributed by atoms with Gasteiger partial charge in [-0.3, -0.25) is 4.79 Å². The molecular weight excluding hydrogens is 288 g/mol. The first-order chi connectivity index (χ1) is 9.77. The maximum atomic E-state index is 12.2. The zero-order chi connectivity index (χ0) is 15.6. The van der Waals surface area contributed by atoms with E-state index in [1.54, 1.807) is 19.1 Å². The van der Waals surface area contributed by atoms with Crippen molar-refractivity contribution in [2.24, 2.45) is 5.73 Å². The van der Waals surface area contributed by atoms with Crippen LogP contribution in [0.1, 0.15) is 41.6 Å². The fourth-order valence-electron chi connectivity index (χ4n) is 2.67. The van der Waals surface area contributed by atoms with Gasteiger partial charge in [0.05, 0.1) is 4.90 Å². The SMILES string of the molecule is Cc1ccc(C(=O)NC2CCC(N)CC2)cc1S(C)(=O)=O. The molecule has 0 aliphatic heterocycles. The van der Waals surface area contributed by atoms with Gasteiger partial charge < -0.3 is 11.1 Å². The molecule has 2 rings (SSSR count). The van der Waals surface area contributed by atoms with Gasteiger partial charge in [-0.05, 0) is 50.3 Å². The minimum Gasteiger partial charge on any atom is -0.349 e. The van der Waals surface area contributed by atoms with Gasteiger partial charge in [0, 0.05) is 23.9 Å². The summed E-state index contributed by atoms with van der Waals surface area (Å²) < 4.78 is 23.4. The third-order valence-electron chi connectivity index (χ3n) is 3.96. The number of benzene rings is 1. The average Bonchev–Trinajstić information content (AvgIpc) is 2.40. The lowest BCUT2D eigenvalue weighted by Crippen LogP contribution is -2.40. The lowest BCUT2D eigenvalue weighted by Gasteiger charge is -2.26. The molecule has 0 saturated heterocycles. The number of nitrogens with two attached hydrogens (primary N) is 1. The summed E-state index contributed by atoms with van der Waals surface area (Å²) in [7, 11) is -3.33. The van der Waals surface area contributed by atoms with Crippen molar-refractivity contribution in [3.8, 4) is 0 Å². The molecule has 21 heavy (non-hydrogen) atoms. The molecule has 0 unspecified atom stereocenters. The lowest BCUT2D eigenvalue weighted by atomic mass is 9.91. The summed E-state index contributed by atoms with van der Waals surface area (Å²) in [5.41, 5.74) is 6.88. The van der Waals surface area contributed by atoms with E-state index in [-0.39, 0.29) is 22.9 Å². The molecule has 6 heteroatoms. The second-order valence-electron chi connectivity index (χ2n) is 5.84. The van der Waals surface area contributed by atoms with Gasteiger partial charge in [-0.2, -0.15) is 0 Å². The van der Waals surface area contributed by atoms with E-state index in [9.17, 15) is 13.2 Å². The van der Waals surface area contributed by atoms with Crippen LogP contribution in [0.3, 0.4) is 0 Å². The van der Waals surface area contributed by atoms with Crippen LogP contribution >= 0.6 is 0 Å². The smallest absolute Gasteiger partial charge is 0.251 e. The maximum Gasteiger partial charge on any atom is 0.251 e. The summed E-state index contributed by atoms with van der Waals surface area (Å²) in [5.74, 6) is -0.222. The molecule has 0 bridgehead atoms. The molecule has 0 atom stereocenters. The van der Waals surface area contributed by atoms with Crippen LogP contribution in [0.25, 0.3) is 0 Å². The number of aryl methyl sites for hydroxylation is 1. The Bertz CT molecular complexity index is 632. The molecule has 5 nitrogen and oxygen atoms in total. The number of rotatable bonds is 3. The van der Waals surface area contributed by atoms with E-state index in [0.717, 1.165) is 31.9 Å². The van der Waals surface area contributed by atoms with Gasteiger partial charge >= 0.3 is 0 Å². The molecule has 1 amide bonds. The third-order valence-corrected chi connectivity index (χ3v) is 5.20. The minimum absolute atomic E-state index is 0.125. The summed E-state index contributed by atoms with van der Waals surface area (Å²) in [6, 6.07) is 5.14. The number of sulfone groups is 1. The highest BCUT2D eigenvalue weighted by molar-refractivity contribution is 7.90. The molecule has 0 heterocycles. The molecule has 1 aromatic carbocycles. The molecule has 0 spiro atoms. The predicted molar refractivity (Wildman–Crippen MR) is 82.0 cm³/mol. The van der Waals surface area contributed by atoms with Crippen LogP contribution in [0.2, 0.25) is 0 Å². The van der Waals surface area contributed by atoms with Crippen molar-refractivity contribution in [3.05, 3.63) is 29.3 Å². The second-order valence-corrected chi connectivity index (χ2v) is 7.82. The van der Waals surface area contributed by atoms with Crippen LogP contribution in [-0.4, -0.2) is 32.7 Å². The summed E-state index contributed by atoms with van der Waals surface area (Å²) in [5, 5.41) is 2.96. The lowest BCUT2D eigenvalue weighted by molar-refractivity contribution is 0.0925. The molecule has 1 saturated carbocycles. The number of carbonyl (C=O) groups is 1. The summed E-state index contributed by atoms with van der Waals surface area (Å²) in [6.07, 6.45) is 4.72. The molecule has 0 aromatic heterocycles. The Balaban J connectivity index is 2.13. The molecule has 3 N–H and O–H groups in total. The van der Waals surface area contributed by atoms with Crippen molar-refractivity contribution in [2.75, 3.05) is 6.26 Å². The van der Waals surface area contributed by atoms with Gasteiger partial charge in [0.1, 0.15) is 0 Å². The van der Waals surface area contributed by atoms with Crippen LogP contribution in [0.5, 0.6) is 0 Å². The molecule has 0 radical (unpaired) electrons. The highest BCUT2D eigenvalue weighted by Gasteiger charge is 2.21. The number of hydrogen-bond acceptors (Lipinski definition) is 4. The summed E-state index contributed by atoms with van der Waals surface area (Å²) in [6.45, 7) is 1.72. The maximum absolute atomic E-state index is 12.2. The molecule has 1 aliphatic rings. The van der Waals surface area contributed by atoms with Gasteiger partial charge in [-0.25, -0.2) is 8.42 Å². The van der Waals surface area contributed by atoms with Crippen molar-refractivity contribution in [3.63, 3.8) is 0 Å². The first-order valence-electron chi connectivity index (χ1n) is 7.14. The van der Waals surface area contributed by atoms with Crippen molar-refractivity contribution in [1.82, 2.24) is 5.32 Å². The van der Waals surface area contributed by atoms with E-state index in [2.05, 4.69) is 5.32 Å². The number of amides is 1. The predicted octanol–water partition coefficient (Wildman–Crippen LogP) is 1.40. The Morgan fingerprint density at radius 3 is 2.43 bits per heavy atom. The average molecular weight is 310 g/mol. The van der Waals surface area contributed by atoms with Gasteiger partial charge in [0.15, 0.2) is 9.84 Å². The minimum atomic E-state index is -3.33. The van der Waals surface area contributed by atoms with E-state index in [0.29, 0.717) is 11.1 Å². The third kappa shape index (κ3) is 4.04. The van der Waals surface area contributed by atoms with Gasteiger partial charge in [-0.15, -0.1) is 0 Å². The molecule has 116 valence electrons. The standard InChI is InChI=1S/C15H22N2O3S/c1-10-3-4-11(9-14(10)21(2,19)20)15(18)17-13-7-5-12(16)6-8-13/h3-4,9,12-13H,5-8,16H2,1-2H3,(H,17,18). The number of hydrogen-bond donors (Lipinski definition) is 2. The quantitative estimate of drug-likeness (QED) is 0.883. The number of nitrogens with one attached hydrogen (secondary N) is 1. The molecule has 1 fully saturated rings. The number of carbonyl (C=O) groups excluding carboxylic acids is 1. The highest BCUT2D eigenvalue weighted by Crippen LogP contribution is 2.19. The van der Waals surface area contributed by atoms with E-state index < -0.39 is 9.84 Å². The highest BCUT2D eigenvalue weighted by atomic mass is 32.2. The molecule has 1 aromatic rings. The Labute approximate surface area is 125 Å². The van der Waals surface area contributed by atoms with Gasteiger partial charge in [-0.1, -0.05) is 6.07 Å². The van der Waals surface area contributed by atoms with Crippen molar-refractivity contribution in [2.45, 2.75) is 49.6 Å². The van der Waals surface area contributed by atoms with Crippen molar-refractivity contribution >= 4 is 15.7 Å². The van der Waals surface area contributed by atoms with Gasteiger partial charge in [0.2, 0.25) is 0 Å². The largest absolute Gasteiger partial charge is 0.349 e. The van der Waals surface area contributed by atoms with E-state index in [1.807, 2.05) is 0 Å². The van der Waals surface area contributed by atoms with Crippen LogP contribution in [0.4, 0.5) is 0 Å². The molecule has 1 aliphatic carbocycles. The van der Waals surface area contributed by atoms with Crippen LogP contribution in [0.15, 0.2) is 23.1 Å². The fraction of sp³-hybridized carbons (Fsp3) is 0.533. The topological polar surface area (TPSA) is 89.3 Å². The Morgan fingerprint density at radius 2 is 1.86 bits per heavy atom.